The van der Waals surface area contributed by atoms with Crippen LogP contribution in [0, 0.1) is 0 Å². The van der Waals surface area contributed by atoms with E-state index in [0.717, 1.165) is 11.3 Å². The second kappa shape index (κ2) is 16.1. The van der Waals surface area contributed by atoms with Crippen molar-refractivity contribution >= 4 is 41.6 Å². The van der Waals surface area contributed by atoms with E-state index >= 15 is 0 Å². The van der Waals surface area contributed by atoms with Gasteiger partial charge in [-0.25, -0.2) is 0 Å². The van der Waals surface area contributed by atoms with E-state index in [0.29, 0.717) is 28.5 Å². The first-order chi connectivity index (χ1) is 15.4. The number of nitrogens with one attached hydrogen (secondary N) is 2. The van der Waals surface area contributed by atoms with E-state index in [9.17, 15) is 14.4 Å². The Morgan fingerprint density at radius 3 is 2.18 bits per heavy atom. The molecule has 0 aromatic heterocycles. The normalized spacial score (nSPS) is 12.4. The SMILES string of the molecule is CC(C)(C)OC=O.CC1=CC=C(NC(=O)c2c(Cl)cccc2Cl)CC=C1.CNCC(=O)OC. The van der Waals surface area contributed by atoms with Gasteiger partial charge in [0.05, 0.1) is 29.3 Å². The first-order valence-corrected chi connectivity index (χ1v) is 10.8. The molecule has 9 heteroatoms. The third-order valence-corrected chi connectivity index (χ3v) is 4.31. The van der Waals surface area contributed by atoms with Gasteiger partial charge in [-0.2, -0.15) is 0 Å². The Bertz CT molecular complexity index is 867. The lowest BCUT2D eigenvalue weighted by Crippen LogP contribution is -2.23. The van der Waals surface area contributed by atoms with E-state index in [1.165, 1.54) is 7.11 Å². The van der Waals surface area contributed by atoms with Crippen LogP contribution in [0.5, 0.6) is 0 Å². The third-order valence-electron chi connectivity index (χ3n) is 3.68. The fourth-order valence-corrected chi connectivity index (χ4v) is 2.67. The smallest absolute Gasteiger partial charge is 0.319 e. The minimum absolute atomic E-state index is 0.234. The van der Waals surface area contributed by atoms with E-state index in [4.69, 9.17) is 23.2 Å². The summed E-state index contributed by atoms with van der Waals surface area (Å²) in [5.41, 5.74) is 1.94. The van der Waals surface area contributed by atoms with Crippen LogP contribution in [0.25, 0.3) is 0 Å². The number of carbonyl (C=O) groups is 3. The van der Waals surface area contributed by atoms with Gasteiger partial charge < -0.3 is 20.1 Å². The van der Waals surface area contributed by atoms with Crippen molar-refractivity contribution in [3.8, 4) is 0 Å². The number of carbonyl (C=O) groups excluding carboxylic acids is 3. The van der Waals surface area contributed by atoms with Crippen molar-refractivity contribution in [2.24, 2.45) is 0 Å². The number of allylic oxidation sites excluding steroid dienone is 5. The summed E-state index contributed by atoms with van der Waals surface area (Å²) < 4.78 is 8.84. The quantitative estimate of drug-likeness (QED) is 0.445. The highest BCUT2D eigenvalue weighted by Crippen LogP contribution is 2.24. The fourth-order valence-electron chi connectivity index (χ4n) is 2.10. The Balaban J connectivity index is 0.000000605. The highest BCUT2D eigenvalue weighted by atomic mass is 35.5. The zero-order valence-electron chi connectivity index (χ0n) is 19.8. The molecule has 2 rings (SSSR count). The Kier molecular flexibility index (Phi) is 14.8. The maximum absolute atomic E-state index is 12.2. The van der Waals surface area contributed by atoms with Crippen LogP contribution in [0.15, 0.2) is 53.8 Å². The summed E-state index contributed by atoms with van der Waals surface area (Å²) in [6.07, 6.45) is 8.52. The molecule has 2 N–H and O–H groups in total. The lowest BCUT2D eigenvalue weighted by Gasteiger charge is -2.14. The molecule has 1 aromatic rings. The Morgan fingerprint density at radius 1 is 1.15 bits per heavy atom. The van der Waals surface area contributed by atoms with Gasteiger partial charge in [-0.1, -0.05) is 53.1 Å². The predicted octanol–water partition coefficient (Wildman–Crippen LogP) is 4.85. The second-order valence-electron chi connectivity index (χ2n) is 7.69. The van der Waals surface area contributed by atoms with E-state index < -0.39 is 0 Å². The summed E-state index contributed by atoms with van der Waals surface area (Å²) in [4.78, 5) is 31.9. The van der Waals surface area contributed by atoms with Crippen molar-refractivity contribution in [2.75, 3.05) is 20.7 Å². The van der Waals surface area contributed by atoms with Gasteiger partial charge in [0, 0.05) is 12.1 Å². The van der Waals surface area contributed by atoms with Crippen molar-refractivity contribution in [1.82, 2.24) is 10.6 Å². The van der Waals surface area contributed by atoms with E-state index in [1.807, 2.05) is 52.0 Å². The van der Waals surface area contributed by atoms with Gasteiger partial charge >= 0.3 is 5.97 Å². The van der Waals surface area contributed by atoms with Gasteiger partial charge in [0.1, 0.15) is 5.60 Å². The molecule has 182 valence electrons. The Morgan fingerprint density at radius 2 is 1.76 bits per heavy atom. The number of methoxy groups -OCH3 is 1. The lowest BCUT2D eigenvalue weighted by molar-refractivity contribution is -0.140. The number of ether oxygens (including phenoxy) is 2. The van der Waals surface area contributed by atoms with Gasteiger partial charge in [0.15, 0.2) is 0 Å². The fraction of sp³-hybridized carbons (Fsp3) is 0.375. The van der Waals surface area contributed by atoms with Crippen molar-refractivity contribution in [1.29, 1.82) is 0 Å². The first kappa shape index (κ1) is 30.4. The van der Waals surface area contributed by atoms with E-state index in [1.54, 1.807) is 25.2 Å². The molecule has 1 amide bonds. The third kappa shape index (κ3) is 14.2. The molecule has 0 atom stereocenters. The molecule has 0 bridgehead atoms. The molecule has 0 saturated carbocycles. The standard InChI is InChI=1S/C15H13Cl2NO.C5H10O2.C4H9NO2/c1-10-4-2-5-11(9-8-10)18-15(19)14-12(16)6-3-7-13(14)17;1-5(2,3)7-4-6;1-5-3-4(6)7-2/h2-4,6-9H,5H2,1H3,(H,18,19);4H,1-3H3;5H,3H2,1-2H3. The minimum Gasteiger partial charge on any atom is -0.468 e. The van der Waals surface area contributed by atoms with Crippen LogP contribution in [0.4, 0.5) is 0 Å². The summed E-state index contributed by atoms with van der Waals surface area (Å²) in [7, 11) is 3.05. The molecule has 0 saturated heterocycles. The molecule has 0 unspecified atom stereocenters. The Labute approximate surface area is 205 Å². The van der Waals surface area contributed by atoms with Crippen LogP contribution in [0.3, 0.4) is 0 Å². The topological polar surface area (TPSA) is 93.7 Å². The molecule has 0 heterocycles. The zero-order chi connectivity index (χ0) is 25.4. The number of hydrogen-bond donors (Lipinski definition) is 2. The summed E-state index contributed by atoms with van der Waals surface area (Å²) in [6.45, 7) is 8.21. The molecular formula is C24H32Cl2N2O5. The molecule has 1 aliphatic rings. The van der Waals surface area contributed by atoms with Crippen molar-refractivity contribution < 1.29 is 23.9 Å². The number of hydrogen-bond acceptors (Lipinski definition) is 6. The molecule has 0 radical (unpaired) electrons. The molecule has 1 aliphatic carbocycles. The van der Waals surface area contributed by atoms with Crippen LogP contribution >= 0.6 is 23.2 Å². The predicted molar refractivity (Wildman–Crippen MR) is 132 cm³/mol. The summed E-state index contributed by atoms with van der Waals surface area (Å²) in [5.74, 6) is -0.522. The maximum atomic E-state index is 12.2. The van der Waals surface area contributed by atoms with Crippen LogP contribution in [0.2, 0.25) is 10.0 Å². The minimum atomic E-state index is -0.318. The number of likely N-dealkylation sites (N-methyl/N-ethyl adjacent to an activating group) is 1. The number of halogens is 2. The molecule has 0 fully saturated rings. The largest absolute Gasteiger partial charge is 0.468 e. The van der Waals surface area contributed by atoms with Gasteiger partial charge in [-0.05, 0) is 53.0 Å². The molecule has 33 heavy (non-hydrogen) atoms. The van der Waals surface area contributed by atoms with Gasteiger partial charge in [-0.15, -0.1) is 0 Å². The van der Waals surface area contributed by atoms with Gasteiger partial charge in [0.2, 0.25) is 0 Å². The monoisotopic (exact) mass is 498 g/mol. The molecular weight excluding hydrogens is 467 g/mol. The summed E-state index contributed by atoms with van der Waals surface area (Å²) in [5, 5.41) is 6.18. The van der Waals surface area contributed by atoms with Crippen LogP contribution in [0.1, 0.15) is 44.5 Å². The summed E-state index contributed by atoms with van der Waals surface area (Å²) >= 11 is 12.0. The second-order valence-corrected chi connectivity index (χ2v) is 8.51. The lowest BCUT2D eigenvalue weighted by atomic mass is 10.2. The van der Waals surface area contributed by atoms with Crippen LogP contribution in [-0.4, -0.2) is 44.7 Å². The van der Waals surface area contributed by atoms with E-state index in [-0.39, 0.29) is 24.0 Å². The number of esters is 1. The maximum Gasteiger partial charge on any atom is 0.319 e. The highest BCUT2D eigenvalue weighted by Gasteiger charge is 2.15. The van der Waals surface area contributed by atoms with Crippen LogP contribution < -0.4 is 10.6 Å². The summed E-state index contributed by atoms with van der Waals surface area (Å²) in [6, 6.07) is 5.00. The molecule has 0 spiro atoms. The van der Waals surface area contributed by atoms with Crippen LogP contribution in [-0.2, 0) is 19.1 Å². The van der Waals surface area contributed by atoms with Gasteiger partial charge in [-0.3, -0.25) is 14.4 Å². The van der Waals surface area contributed by atoms with Crippen molar-refractivity contribution in [3.63, 3.8) is 0 Å². The van der Waals surface area contributed by atoms with Crippen molar-refractivity contribution in [3.05, 3.63) is 69.4 Å². The average molecular weight is 499 g/mol. The molecule has 0 aliphatic heterocycles. The first-order valence-electron chi connectivity index (χ1n) is 10.1. The average Bonchev–Trinajstić information content (AvgIpc) is 2.92. The highest BCUT2D eigenvalue weighted by molar-refractivity contribution is 6.39. The Hall–Kier alpha value is -2.61. The number of rotatable bonds is 5. The van der Waals surface area contributed by atoms with E-state index in [2.05, 4.69) is 20.1 Å². The molecule has 7 nitrogen and oxygen atoms in total. The van der Waals surface area contributed by atoms with Crippen molar-refractivity contribution in [2.45, 2.75) is 39.7 Å². The molecule has 1 aromatic carbocycles. The zero-order valence-corrected chi connectivity index (χ0v) is 21.3. The number of benzene rings is 1. The number of amides is 1. The van der Waals surface area contributed by atoms with Gasteiger partial charge in [0.25, 0.3) is 12.4 Å².